The molecule has 11 heavy (non-hydrogen) atoms. The Balaban J connectivity index is 3.39. The molecule has 0 aromatic carbocycles. The third-order valence-electron chi connectivity index (χ3n) is 1.16. The Bertz CT molecular complexity index is 164. The SMILES string of the molecule is CNC(=O)CSC(C)CC#N. The van der Waals surface area contributed by atoms with E-state index in [2.05, 4.69) is 11.4 Å². The van der Waals surface area contributed by atoms with Crippen LogP contribution in [0.1, 0.15) is 13.3 Å². The van der Waals surface area contributed by atoms with Crippen LogP contribution in [0.4, 0.5) is 0 Å². The number of rotatable bonds is 4. The molecule has 62 valence electrons. The number of nitrogens with zero attached hydrogens (tertiary/aromatic N) is 1. The predicted molar refractivity (Wildman–Crippen MR) is 46.2 cm³/mol. The van der Waals surface area contributed by atoms with Crippen LogP contribution >= 0.6 is 11.8 Å². The molecule has 0 aromatic rings. The van der Waals surface area contributed by atoms with Crippen LogP contribution in [0.2, 0.25) is 0 Å². The first-order valence-electron chi connectivity index (χ1n) is 3.39. The molecule has 0 bridgehead atoms. The summed E-state index contributed by atoms with van der Waals surface area (Å²) in [5.74, 6) is 0.457. The third kappa shape index (κ3) is 5.74. The first kappa shape index (κ1) is 10.3. The molecule has 1 unspecified atom stereocenters. The Kier molecular flexibility index (Phi) is 5.67. The number of thioether (sulfide) groups is 1. The molecule has 1 N–H and O–H groups in total. The van der Waals surface area contributed by atoms with Gasteiger partial charge in [-0.1, -0.05) is 6.92 Å². The number of carbonyl (C=O) groups is 1. The zero-order chi connectivity index (χ0) is 8.69. The smallest absolute Gasteiger partial charge is 0.229 e. The maximum Gasteiger partial charge on any atom is 0.229 e. The van der Waals surface area contributed by atoms with E-state index < -0.39 is 0 Å². The third-order valence-corrected chi connectivity index (χ3v) is 2.32. The van der Waals surface area contributed by atoms with E-state index in [0.29, 0.717) is 12.2 Å². The molecule has 0 fully saturated rings. The second-order valence-corrected chi connectivity index (χ2v) is 3.58. The van der Waals surface area contributed by atoms with Gasteiger partial charge in [-0.15, -0.1) is 11.8 Å². The van der Waals surface area contributed by atoms with Crippen molar-refractivity contribution >= 4 is 17.7 Å². The van der Waals surface area contributed by atoms with Crippen LogP contribution in [0, 0.1) is 11.3 Å². The van der Waals surface area contributed by atoms with Crippen molar-refractivity contribution in [1.82, 2.24) is 5.32 Å². The van der Waals surface area contributed by atoms with Gasteiger partial charge in [-0.3, -0.25) is 4.79 Å². The van der Waals surface area contributed by atoms with Crippen LogP contribution in [0.15, 0.2) is 0 Å². The highest BCUT2D eigenvalue weighted by Crippen LogP contribution is 2.12. The fourth-order valence-electron chi connectivity index (χ4n) is 0.478. The summed E-state index contributed by atoms with van der Waals surface area (Å²) in [6.07, 6.45) is 0.502. The zero-order valence-electron chi connectivity index (χ0n) is 6.76. The number of amides is 1. The molecule has 3 nitrogen and oxygen atoms in total. The predicted octanol–water partition coefficient (Wildman–Crippen LogP) is 0.768. The molecule has 1 amide bonds. The lowest BCUT2D eigenvalue weighted by molar-refractivity contribution is -0.118. The average Bonchev–Trinajstić information content (AvgIpc) is 2.01. The van der Waals surface area contributed by atoms with Crippen molar-refractivity contribution in [1.29, 1.82) is 5.26 Å². The first-order valence-corrected chi connectivity index (χ1v) is 4.44. The topological polar surface area (TPSA) is 52.9 Å². The molecule has 0 heterocycles. The summed E-state index contributed by atoms with van der Waals surface area (Å²) in [5.41, 5.74) is 0. The van der Waals surface area contributed by atoms with Crippen LogP contribution in [0.3, 0.4) is 0 Å². The molecular formula is C7H12N2OS. The highest BCUT2D eigenvalue weighted by molar-refractivity contribution is 8.00. The Labute approximate surface area is 71.2 Å². The highest BCUT2D eigenvalue weighted by atomic mass is 32.2. The van der Waals surface area contributed by atoms with Gasteiger partial charge in [-0.2, -0.15) is 5.26 Å². The standard InChI is InChI=1S/C7H12N2OS/c1-6(3-4-8)11-5-7(10)9-2/h6H,3,5H2,1-2H3,(H,9,10). The monoisotopic (exact) mass is 172 g/mol. The van der Waals surface area contributed by atoms with E-state index in [1.807, 2.05) is 6.92 Å². The van der Waals surface area contributed by atoms with Crippen molar-refractivity contribution in [2.24, 2.45) is 0 Å². The van der Waals surface area contributed by atoms with Gasteiger partial charge in [0, 0.05) is 18.7 Å². The van der Waals surface area contributed by atoms with Crippen LogP contribution in [0.5, 0.6) is 0 Å². The van der Waals surface area contributed by atoms with Gasteiger partial charge in [-0.05, 0) is 0 Å². The molecule has 0 rings (SSSR count). The van der Waals surface area contributed by atoms with Crippen molar-refractivity contribution in [3.05, 3.63) is 0 Å². The van der Waals surface area contributed by atoms with Gasteiger partial charge in [0.2, 0.25) is 5.91 Å². The van der Waals surface area contributed by atoms with E-state index in [4.69, 9.17) is 5.26 Å². The lowest BCUT2D eigenvalue weighted by Gasteiger charge is -2.04. The van der Waals surface area contributed by atoms with Gasteiger partial charge in [0.15, 0.2) is 0 Å². The van der Waals surface area contributed by atoms with Crippen molar-refractivity contribution in [2.75, 3.05) is 12.8 Å². The fourth-order valence-corrected chi connectivity index (χ4v) is 1.25. The fraction of sp³-hybridized carbons (Fsp3) is 0.714. The normalized spacial score (nSPS) is 11.7. The second kappa shape index (κ2) is 6.05. The molecule has 0 saturated carbocycles. The molecule has 0 aliphatic rings. The first-order chi connectivity index (χ1) is 5.20. The Hall–Kier alpha value is -0.690. The Morgan fingerprint density at radius 3 is 2.91 bits per heavy atom. The minimum Gasteiger partial charge on any atom is -0.358 e. The Morgan fingerprint density at radius 2 is 2.45 bits per heavy atom. The number of carbonyl (C=O) groups excluding carboxylic acids is 1. The molecule has 0 spiro atoms. The van der Waals surface area contributed by atoms with Gasteiger partial charge >= 0.3 is 0 Å². The zero-order valence-corrected chi connectivity index (χ0v) is 7.57. The summed E-state index contributed by atoms with van der Waals surface area (Å²) < 4.78 is 0. The molecule has 4 heteroatoms. The molecule has 0 aliphatic carbocycles. The summed E-state index contributed by atoms with van der Waals surface area (Å²) >= 11 is 1.50. The molecule has 0 aliphatic heterocycles. The van der Waals surface area contributed by atoms with Gasteiger partial charge < -0.3 is 5.32 Å². The quantitative estimate of drug-likeness (QED) is 0.681. The van der Waals surface area contributed by atoms with Crippen LogP contribution in [-0.4, -0.2) is 24.0 Å². The minimum atomic E-state index is 0.0137. The van der Waals surface area contributed by atoms with E-state index in [1.165, 1.54) is 11.8 Å². The lowest BCUT2D eigenvalue weighted by Crippen LogP contribution is -2.20. The Morgan fingerprint density at radius 1 is 1.82 bits per heavy atom. The molecular weight excluding hydrogens is 160 g/mol. The van der Waals surface area contributed by atoms with Crippen LogP contribution in [0.25, 0.3) is 0 Å². The van der Waals surface area contributed by atoms with Gasteiger partial charge in [0.25, 0.3) is 0 Å². The molecule has 0 radical (unpaired) electrons. The molecule has 0 aromatic heterocycles. The summed E-state index contributed by atoms with van der Waals surface area (Å²) in [6, 6.07) is 2.06. The average molecular weight is 172 g/mol. The minimum absolute atomic E-state index is 0.0137. The van der Waals surface area contributed by atoms with Crippen molar-refractivity contribution in [2.45, 2.75) is 18.6 Å². The summed E-state index contributed by atoms with van der Waals surface area (Å²) in [4.78, 5) is 10.7. The van der Waals surface area contributed by atoms with Crippen LogP contribution < -0.4 is 5.32 Å². The largest absolute Gasteiger partial charge is 0.358 e. The molecule has 0 saturated heterocycles. The number of nitrogens with one attached hydrogen (secondary N) is 1. The van der Waals surface area contributed by atoms with Crippen molar-refractivity contribution in [3.8, 4) is 6.07 Å². The van der Waals surface area contributed by atoms with E-state index in [9.17, 15) is 4.79 Å². The maximum atomic E-state index is 10.7. The lowest BCUT2D eigenvalue weighted by atomic mass is 10.4. The van der Waals surface area contributed by atoms with E-state index in [-0.39, 0.29) is 11.2 Å². The summed E-state index contributed by atoms with van der Waals surface area (Å²) in [7, 11) is 1.61. The number of hydrogen-bond acceptors (Lipinski definition) is 3. The van der Waals surface area contributed by atoms with E-state index in [0.717, 1.165) is 0 Å². The van der Waals surface area contributed by atoms with E-state index >= 15 is 0 Å². The highest BCUT2D eigenvalue weighted by Gasteiger charge is 2.04. The summed E-state index contributed by atoms with van der Waals surface area (Å²) in [5, 5.41) is 11.1. The van der Waals surface area contributed by atoms with Crippen LogP contribution in [-0.2, 0) is 4.79 Å². The van der Waals surface area contributed by atoms with Gasteiger partial charge in [0.05, 0.1) is 11.8 Å². The van der Waals surface area contributed by atoms with E-state index in [1.54, 1.807) is 7.05 Å². The maximum absolute atomic E-state index is 10.7. The number of nitriles is 1. The second-order valence-electron chi connectivity index (χ2n) is 2.16. The van der Waals surface area contributed by atoms with Gasteiger partial charge in [-0.25, -0.2) is 0 Å². The van der Waals surface area contributed by atoms with Crippen molar-refractivity contribution < 1.29 is 4.79 Å². The summed E-state index contributed by atoms with van der Waals surface area (Å²) in [6.45, 7) is 1.94. The van der Waals surface area contributed by atoms with Gasteiger partial charge in [0.1, 0.15) is 0 Å². The van der Waals surface area contributed by atoms with Crippen molar-refractivity contribution in [3.63, 3.8) is 0 Å². The molecule has 1 atom stereocenters. The number of hydrogen-bond donors (Lipinski definition) is 1.